The zero-order chi connectivity index (χ0) is 10.8. The molecule has 1 aromatic carbocycles. The molecule has 2 nitrogen and oxygen atoms in total. The number of hydrogen-bond donors (Lipinski definition) is 1. The van der Waals surface area contributed by atoms with Gasteiger partial charge in [-0.3, -0.25) is 4.79 Å². The van der Waals surface area contributed by atoms with Crippen LogP contribution in [0.5, 0.6) is 0 Å². The van der Waals surface area contributed by atoms with Gasteiger partial charge in [-0.05, 0) is 12.1 Å². The van der Waals surface area contributed by atoms with E-state index >= 15 is 0 Å². The van der Waals surface area contributed by atoms with E-state index in [0.29, 0.717) is 17.3 Å². The molecule has 0 aromatic heterocycles. The van der Waals surface area contributed by atoms with E-state index in [-0.39, 0.29) is 5.78 Å². The van der Waals surface area contributed by atoms with Gasteiger partial charge in [-0.1, -0.05) is 31.8 Å². The SMILES string of the molecule is C[Si](C)(C)CC(=O)c1ccccc1N. The largest absolute Gasteiger partial charge is 0.398 e. The number of ketones is 1. The molecule has 0 unspecified atom stereocenters. The number of Topliss-reactive ketones (excluding diaryl/α,β-unsaturated/α-hetero) is 1. The second-order valence-corrected chi connectivity index (χ2v) is 10.2. The minimum atomic E-state index is -1.33. The number of anilines is 1. The van der Waals surface area contributed by atoms with Crippen LogP contribution in [-0.2, 0) is 0 Å². The minimum absolute atomic E-state index is 0.183. The zero-order valence-corrected chi connectivity index (χ0v) is 10.0. The number of nitrogens with two attached hydrogens (primary N) is 1. The Morgan fingerprint density at radius 3 is 2.36 bits per heavy atom. The number of rotatable bonds is 3. The molecule has 0 heterocycles. The highest BCUT2D eigenvalue weighted by atomic mass is 28.3. The Balaban J connectivity index is 2.86. The first-order chi connectivity index (χ1) is 6.40. The van der Waals surface area contributed by atoms with Crippen LogP contribution in [0.3, 0.4) is 0 Å². The van der Waals surface area contributed by atoms with E-state index in [9.17, 15) is 4.79 Å². The van der Waals surface area contributed by atoms with Gasteiger partial charge in [0.1, 0.15) is 0 Å². The maximum atomic E-state index is 11.8. The molecule has 1 rings (SSSR count). The van der Waals surface area contributed by atoms with E-state index in [1.54, 1.807) is 12.1 Å². The molecule has 0 fully saturated rings. The van der Waals surface area contributed by atoms with Crippen molar-refractivity contribution >= 4 is 19.5 Å². The third-order valence-corrected chi connectivity index (χ3v) is 3.33. The summed E-state index contributed by atoms with van der Waals surface area (Å²) >= 11 is 0. The molecule has 0 aliphatic carbocycles. The molecule has 14 heavy (non-hydrogen) atoms. The fourth-order valence-electron chi connectivity index (χ4n) is 1.33. The lowest BCUT2D eigenvalue weighted by Gasteiger charge is -2.14. The molecular formula is C11H17NOSi. The van der Waals surface area contributed by atoms with E-state index in [1.807, 2.05) is 12.1 Å². The molecule has 3 heteroatoms. The second kappa shape index (κ2) is 3.96. The van der Waals surface area contributed by atoms with Crippen molar-refractivity contribution in [3.63, 3.8) is 0 Å². The molecular weight excluding hydrogens is 190 g/mol. The van der Waals surface area contributed by atoms with Crippen molar-refractivity contribution in [2.45, 2.75) is 25.7 Å². The monoisotopic (exact) mass is 207 g/mol. The zero-order valence-electron chi connectivity index (χ0n) is 9.00. The van der Waals surface area contributed by atoms with Crippen molar-refractivity contribution in [2.75, 3.05) is 5.73 Å². The van der Waals surface area contributed by atoms with Crippen molar-refractivity contribution < 1.29 is 4.79 Å². The minimum Gasteiger partial charge on any atom is -0.398 e. The van der Waals surface area contributed by atoms with Crippen molar-refractivity contribution in [3.8, 4) is 0 Å². The Morgan fingerprint density at radius 1 is 1.29 bits per heavy atom. The first-order valence-corrected chi connectivity index (χ1v) is 8.48. The summed E-state index contributed by atoms with van der Waals surface area (Å²) in [7, 11) is -1.33. The van der Waals surface area contributed by atoms with Gasteiger partial charge in [-0.2, -0.15) is 0 Å². The molecule has 0 amide bonds. The summed E-state index contributed by atoms with van der Waals surface area (Å²) in [6, 6.07) is 7.95. The molecule has 0 saturated heterocycles. The number of nitrogen functional groups attached to an aromatic ring is 1. The van der Waals surface area contributed by atoms with Gasteiger partial charge in [0.15, 0.2) is 5.78 Å². The topological polar surface area (TPSA) is 43.1 Å². The Bertz CT molecular complexity index is 341. The summed E-state index contributed by atoms with van der Waals surface area (Å²) in [6.45, 7) is 6.55. The van der Waals surface area contributed by atoms with Gasteiger partial charge in [-0.25, -0.2) is 0 Å². The summed E-state index contributed by atoms with van der Waals surface area (Å²) in [6.07, 6.45) is 0. The van der Waals surface area contributed by atoms with Crippen LogP contribution in [0.4, 0.5) is 5.69 Å². The fraction of sp³-hybridized carbons (Fsp3) is 0.364. The van der Waals surface area contributed by atoms with Crippen molar-refractivity contribution in [1.29, 1.82) is 0 Å². The van der Waals surface area contributed by atoms with Crippen LogP contribution in [0.1, 0.15) is 10.4 Å². The van der Waals surface area contributed by atoms with E-state index in [2.05, 4.69) is 19.6 Å². The molecule has 0 spiro atoms. The maximum Gasteiger partial charge on any atom is 0.162 e. The van der Waals surface area contributed by atoms with Crippen LogP contribution in [-0.4, -0.2) is 13.9 Å². The van der Waals surface area contributed by atoms with Crippen LogP contribution in [0, 0.1) is 0 Å². The Hall–Kier alpha value is -1.09. The molecule has 0 bridgehead atoms. The van der Waals surface area contributed by atoms with Gasteiger partial charge >= 0.3 is 0 Å². The fourth-order valence-corrected chi connectivity index (χ4v) is 2.48. The molecule has 1 aromatic rings. The number of para-hydroxylation sites is 1. The highest BCUT2D eigenvalue weighted by Gasteiger charge is 2.20. The van der Waals surface area contributed by atoms with Crippen molar-refractivity contribution in [3.05, 3.63) is 29.8 Å². The van der Waals surface area contributed by atoms with Crippen molar-refractivity contribution in [1.82, 2.24) is 0 Å². The third-order valence-electron chi connectivity index (χ3n) is 1.95. The molecule has 0 aliphatic heterocycles. The van der Waals surface area contributed by atoms with E-state index < -0.39 is 8.07 Å². The first kappa shape index (κ1) is 11.0. The standard InChI is InChI=1S/C11H17NOSi/c1-14(2,3)8-11(13)9-6-4-5-7-10(9)12/h4-7H,8,12H2,1-3H3. The van der Waals surface area contributed by atoms with Crippen LogP contribution in [0.15, 0.2) is 24.3 Å². The number of carbonyl (C=O) groups excluding carboxylic acids is 1. The summed E-state index contributed by atoms with van der Waals surface area (Å²) in [5.74, 6) is 0.183. The predicted octanol–water partition coefficient (Wildman–Crippen LogP) is 2.79. The molecule has 2 N–H and O–H groups in total. The highest BCUT2D eigenvalue weighted by Crippen LogP contribution is 2.18. The smallest absolute Gasteiger partial charge is 0.162 e. The summed E-state index contributed by atoms with van der Waals surface area (Å²) < 4.78 is 0. The van der Waals surface area contributed by atoms with Crippen LogP contribution in [0.25, 0.3) is 0 Å². The normalized spacial score (nSPS) is 11.4. The van der Waals surface area contributed by atoms with E-state index in [0.717, 1.165) is 0 Å². The predicted molar refractivity (Wildman–Crippen MR) is 63.3 cm³/mol. The van der Waals surface area contributed by atoms with Gasteiger partial charge in [-0.15, -0.1) is 0 Å². The summed E-state index contributed by atoms with van der Waals surface area (Å²) in [4.78, 5) is 11.8. The lowest BCUT2D eigenvalue weighted by molar-refractivity contribution is 0.101. The Kier molecular flexibility index (Phi) is 3.11. The maximum absolute atomic E-state index is 11.8. The molecule has 0 aliphatic rings. The number of hydrogen-bond acceptors (Lipinski definition) is 2. The molecule has 76 valence electrons. The van der Waals surface area contributed by atoms with E-state index in [4.69, 9.17) is 5.73 Å². The Labute approximate surface area is 86.1 Å². The lowest BCUT2D eigenvalue weighted by atomic mass is 10.1. The van der Waals surface area contributed by atoms with Gasteiger partial charge in [0.2, 0.25) is 0 Å². The quantitative estimate of drug-likeness (QED) is 0.470. The van der Waals surface area contributed by atoms with E-state index in [1.165, 1.54) is 0 Å². The third kappa shape index (κ3) is 2.99. The van der Waals surface area contributed by atoms with Crippen LogP contribution < -0.4 is 5.73 Å². The summed E-state index contributed by atoms with van der Waals surface area (Å²) in [5.41, 5.74) is 7.00. The molecule has 0 radical (unpaired) electrons. The van der Waals surface area contributed by atoms with Gasteiger partial charge in [0.05, 0.1) is 8.07 Å². The first-order valence-electron chi connectivity index (χ1n) is 4.78. The average Bonchev–Trinajstić information content (AvgIpc) is 2.01. The highest BCUT2D eigenvalue weighted by molar-refractivity contribution is 6.79. The average molecular weight is 207 g/mol. The van der Waals surface area contributed by atoms with Crippen LogP contribution in [0.2, 0.25) is 25.7 Å². The number of carbonyl (C=O) groups is 1. The molecule has 0 atom stereocenters. The molecule has 0 saturated carbocycles. The van der Waals surface area contributed by atoms with Crippen LogP contribution >= 0.6 is 0 Å². The van der Waals surface area contributed by atoms with Gasteiger partial charge in [0.25, 0.3) is 0 Å². The second-order valence-electron chi connectivity index (χ2n) is 4.75. The lowest BCUT2D eigenvalue weighted by Crippen LogP contribution is -2.24. The van der Waals surface area contributed by atoms with Gasteiger partial charge < -0.3 is 5.73 Å². The van der Waals surface area contributed by atoms with Crippen molar-refractivity contribution in [2.24, 2.45) is 0 Å². The summed E-state index contributed by atoms with van der Waals surface area (Å²) in [5, 5.41) is 0. The Morgan fingerprint density at radius 2 is 1.86 bits per heavy atom. The number of benzene rings is 1. The van der Waals surface area contributed by atoms with Gasteiger partial charge in [0, 0.05) is 17.3 Å².